The molecule has 2 unspecified atom stereocenters. The van der Waals surface area contributed by atoms with Crippen molar-refractivity contribution in [1.29, 1.82) is 0 Å². The average Bonchev–Trinajstić information content (AvgIpc) is 3.06. The first-order valence-electron chi connectivity index (χ1n) is 7.55. The van der Waals surface area contributed by atoms with Crippen molar-refractivity contribution in [3.8, 4) is 11.4 Å². The third kappa shape index (κ3) is 4.74. The molecule has 0 bridgehead atoms. The van der Waals surface area contributed by atoms with E-state index in [0.717, 1.165) is 5.56 Å². The number of carbonyl (C=O) groups is 2. The van der Waals surface area contributed by atoms with Crippen LogP contribution in [0, 0.1) is 0 Å². The average molecular weight is 368 g/mol. The Bertz CT molecular complexity index is 734. The maximum Gasteiger partial charge on any atom is 0.334 e. The molecule has 2 rings (SSSR count). The molecule has 0 aliphatic heterocycles. The maximum atomic E-state index is 12.3. The van der Waals surface area contributed by atoms with E-state index in [0.29, 0.717) is 17.3 Å². The van der Waals surface area contributed by atoms with Crippen molar-refractivity contribution in [2.24, 2.45) is 0 Å². The molecule has 2 aromatic rings. The fourth-order valence-corrected chi connectivity index (χ4v) is 2.23. The number of benzene rings is 1. The lowest BCUT2D eigenvalue weighted by Gasteiger charge is -2.16. The second-order valence-electron chi connectivity index (χ2n) is 5.17. The fraction of sp³-hybridized carbons (Fsp3) is 0.400. The number of methoxy groups -OCH3 is 1. The van der Waals surface area contributed by atoms with E-state index in [-0.39, 0.29) is 6.54 Å². The molecular weight excluding hydrogens is 350 g/mol. The highest BCUT2D eigenvalue weighted by Crippen LogP contribution is 2.18. The van der Waals surface area contributed by atoms with E-state index < -0.39 is 24.0 Å². The van der Waals surface area contributed by atoms with Gasteiger partial charge in [0.1, 0.15) is 0 Å². The molecule has 1 amide bonds. The second-order valence-corrected chi connectivity index (χ2v) is 5.61. The van der Waals surface area contributed by atoms with Gasteiger partial charge in [-0.3, -0.25) is 4.79 Å². The summed E-state index contributed by atoms with van der Waals surface area (Å²) in [5.74, 6) is -1.20. The standard InChI is InChI=1S/C15H18ClN5O4/c1-3-11(14(22)17-8-12(25-2)15(23)24)21-19-13(18-20-21)9-4-6-10(16)7-5-9/h4-7,11-12H,3,8H2,1-2H3,(H,17,22)(H,23,24). The number of ether oxygens (including phenoxy) is 1. The predicted molar refractivity (Wildman–Crippen MR) is 89.0 cm³/mol. The third-order valence-corrected chi connectivity index (χ3v) is 3.77. The van der Waals surface area contributed by atoms with Crippen LogP contribution >= 0.6 is 11.6 Å². The zero-order valence-corrected chi connectivity index (χ0v) is 14.5. The summed E-state index contributed by atoms with van der Waals surface area (Å²) in [6, 6.07) is 6.21. The normalized spacial score (nSPS) is 13.2. The molecule has 0 saturated heterocycles. The third-order valence-electron chi connectivity index (χ3n) is 3.52. The van der Waals surface area contributed by atoms with Gasteiger partial charge in [-0.2, -0.15) is 4.80 Å². The van der Waals surface area contributed by atoms with Crippen LogP contribution in [0.15, 0.2) is 24.3 Å². The van der Waals surface area contributed by atoms with E-state index in [9.17, 15) is 9.59 Å². The predicted octanol–water partition coefficient (Wildman–Crippen LogP) is 1.16. The molecule has 2 atom stereocenters. The Labute approximate surface area is 148 Å². The molecule has 9 nitrogen and oxygen atoms in total. The smallest absolute Gasteiger partial charge is 0.334 e. The van der Waals surface area contributed by atoms with Gasteiger partial charge in [-0.1, -0.05) is 18.5 Å². The highest BCUT2D eigenvalue weighted by Gasteiger charge is 2.24. The largest absolute Gasteiger partial charge is 0.479 e. The van der Waals surface area contributed by atoms with Crippen LogP contribution in [0.25, 0.3) is 11.4 Å². The molecule has 1 aromatic heterocycles. The van der Waals surface area contributed by atoms with E-state index in [4.69, 9.17) is 21.4 Å². The van der Waals surface area contributed by atoms with Crippen molar-refractivity contribution in [3.05, 3.63) is 29.3 Å². The zero-order chi connectivity index (χ0) is 18.4. The van der Waals surface area contributed by atoms with Gasteiger partial charge >= 0.3 is 5.97 Å². The van der Waals surface area contributed by atoms with Gasteiger partial charge < -0.3 is 15.2 Å². The summed E-state index contributed by atoms with van der Waals surface area (Å²) < 4.78 is 4.78. The summed E-state index contributed by atoms with van der Waals surface area (Å²) >= 11 is 5.85. The molecule has 0 fully saturated rings. The number of carboxylic acids is 1. The molecule has 0 aliphatic carbocycles. The number of rotatable bonds is 8. The molecule has 25 heavy (non-hydrogen) atoms. The van der Waals surface area contributed by atoms with E-state index >= 15 is 0 Å². The van der Waals surface area contributed by atoms with Gasteiger partial charge in [0.25, 0.3) is 0 Å². The molecule has 1 aromatic carbocycles. The van der Waals surface area contributed by atoms with Gasteiger partial charge in [0.15, 0.2) is 12.1 Å². The highest BCUT2D eigenvalue weighted by atomic mass is 35.5. The Hall–Kier alpha value is -2.52. The molecule has 2 N–H and O–H groups in total. The number of carbonyl (C=O) groups excluding carboxylic acids is 1. The quantitative estimate of drug-likeness (QED) is 0.718. The summed E-state index contributed by atoms with van der Waals surface area (Å²) in [4.78, 5) is 24.4. The highest BCUT2D eigenvalue weighted by molar-refractivity contribution is 6.30. The minimum atomic E-state index is -1.15. The number of nitrogens with zero attached hydrogens (tertiary/aromatic N) is 4. The van der Waals surface area contributed by atoms with Crippen molar-refractivity contribution < 1.29 is 19.4 Å². The molecule has 134 valence electrons. The second kappa shape index (κ2) is 8.54. The number of aliphatic carboxylic acids is 1. The van der Waals surface area contributed by atoms with Crippen LogP contribution in [0.1, 0.15) is 19.4 Å². The van der Waals surface area contributed by atoms with Gasteiger partial charge in [0, 0.05) is 17.7 Å². The fourth-order valence-electron chi connectivity index (χ4n) is 2.11. The lowest BCUT2D eigenvalue weighted by Crippen LogP contribution is -2.41. The first-order chi connectivity index (χ1) is 12.0. The molecule has 0 aliphatic rings. The molecular formula is C15H18ClN5O4. The van der Waals surface area contributed by atoms with Crippen molar-refractivity contribution in [2.75, 3.05) is 13.7 Å². The minimum Gasteiger partial charge on any atom is -0.479 e. The number of tetrazole rings is 1. The molecule has 0 radical (unpaired) electrons. The Kier molecular flexibility index (Phi) is 6.43. The minimum absolute atomic E-state index is 0.153. The van der Waals surface area contributed by atoms with Crippen LogP contribution in [0.2, 0.25) is 5.02 Å². The van der Waals surface area contributed by atoms with E-state index in [1.54, 1.807) is 31.2 Å². The summed E-state index contributed by atoms with van der Waals surface area (Å²) in [7, 11) is 1.26. The summed E-state index contributed by atoms with van der Waals surface area (Å²) in [5.41, 5.74) is 0.719. The van der Waals surface area contributed by atoms with Gasteiger partial charge in [0.2, 0.25) is 11.7 Å². The van der Waals surface area contributed by atoms with Crippen LogP contribution in [0.4, 0.5) is 0 Å². The number of hydrogen-bond donors (Lipinski definition) is 2. The topological polar surface area (TPSA) is 119 Å². The van der Waals surface area contributed by atoms with Crippen LogP contribution in [0.3, 0.4) is 0 Å². The number of halogens is 1. The van der Waals surface area contributed by atoms with Crippen LogP contribution in [-0.4, -0.2) is 56.9 Å². The SMILES string of the molecule is CCC(C(=O)NCC(OC)C(=O)O)n1nnc(-c2ccc(Cl)cc2)n1. The van der Waals surface area contributed by atoms with E-state index in [1.165, 1.54) is 11.9 Å². The monoisotopic (exact) mass is 367 g/mol. The van der Waals surface area contributed by atoms with E-state index in [2.05, 4.69) is 20.7 Å². The lowest BCUT2D eigenvalue weighted by atomic mass is 10.2. The Morgan fingerprint density at radius 1 is 1.36 bits per heavy atom. The lowest BCUT2D eigenvalue weighted by molar-refractivity contribution is -0.148. The molecule has 1 heterocycles. The number of nitrogens with one attached hydrogen (secondary N) is 1. The first kappa shape index (κ1) is 18.8. The number of aromatic nitrogens is 4. The number of amides is 1. The van der Waals surface area contributed by atoms with Crippen molar-refractivity contribution in [1.82, 2.24) is 25.5 Å². The van der Waals surface area contributed by atoms with Crippen molar-refractivity contribution in [3.63, 3.8) is 0 Å². The van der Waals surface area contributed by atoms with Gasteiger partial charge in [-0.05, 0) is 35.9 Å². The Morgan fingerprint density at radius 2 is 2.04 bits per heavy atom. The first-order valence-corrected chi connectivity index (χ1v) is 7.92. The Balaban J connectivity index is 2.08. The number of carboxylic acid groups (broad SMARTS) is 1. The van der Waals surface area contributed by atoms with Gasteiger partial charge in [-0.25, -0.2) is 4.79 Å². The Morgan fingerprint density at radius 3 is 2.60 bits per heavy atom. The van der Waals surface area contributed by atoms with E-state index in [1.807, 2.05) is 0 Å². The summed E-state index contributed by atoms with van der Waals surface area (Å²) in [5, 5.41) is 24.1. The molecule has 0 saturated carbocycles. The van der Waals surface area contributed by atoms with Gasteiger partial charge in [0.05, 0.1) is 6.54 Å². The maximum absolute atomic E-state index is 12.3. The van der Waals surface area contributed by atoms with Crippen LogP contribution in [0.5, 0.6) is 0 Å². The molecule has 10 heteroatoms. The molecule has 0 spiro atoms. The van der Waals surface area contributed by atoms with Crippen molar-refractivity contribution in [2.45, 2.75) is 25.5 Å². The van der Waals surface area contributed by atoms with Crippen LogP contribution in [-0.2, 0) is 14.3 Å². The van der Waals surface area contributed by atoms with Crippen molar-refractivity contribution >= 4 is 23.5 Å². The summed E-state index contributed by atoms with van der Waals surface area (Å²) in [6.45, 7) is 1.64. The van der Waals surface area contributed by atoms with Gasteiger partial charge in [-0.15, -0.1) is 10.2 Å². The summed E-state index contributed by atoms with van der Waals surface area (Å²) in [6.07, 6.45) is -0.706. The van der Waals surface area contributed by atoms with Crippen LogP contribution < -0.4 is 5.32 Å². The zero-order valence-electron chi connectivity index (χ0n) is 13.7. The number of hydrogen-bond acceptors (Lipinski definition) is 6.